The second-order valence-corrected chi connectivity index (χ2v) is 10.1. The van der Waals surface area contributed by atoms with Crippen molar-refractivity contribution in [1.82, 2.24) is 4.90 Å². The first-order valence-electron chi connectivity index (χ1n) is 10.7. The Bertz CT molecular complexity index is 1360. The molecular weight excluding hydrogens is 541 g/mol. The van der Waals surface area contributed by atoms with Crippen LogP contribution >= 0.6 is 47.2 Å². The number of aliphatic carboxylic acids is 1. The van der Waals surface area contributed by atoms with E-state index in [2.05, 4.69) is 0 Å². The fourth-order valence-electron chi connectivity index (χ4n) is 3.31. The molecule has 0 aliphatic carbocycles. The number of thiocarbonyl (C=S) groups is 1. The molecule has 3 aromatic rings. The average Bonchev–Trinajstić information content (AvgIpc) is 3.11. The zero-order valence-corrected chi connectivity index (χ0v) is 21.8. The highest BCUT2D eigenvalue weighted by molar-refractivity contribution is 8.26. The standard InChI is InChI=1S/C26H19Cl2NO5S2/c27-20-7-3-1-5-17(20)14-33-19-10-9-16(11-23-25(32)29(13-24(30)31)26(35)36-23)22(12-19)34-15-18-6-2-4-8-21(18)28/h1-12H,13-15H2,(H,30,31). The van der Waals surface area contributed by atoms with E-state index in [1.54, 1.807) is 36.4 Å². The van der Waals surface area contributed by atoms with Gasteiger partial charge < -0.3 is 14.6 Å². The first-order valence-corrected chi connectivity index (χ1v) is 12.6. The van der Waals surface area contributed by atoms with Gasteiger partial charge in [0.1, 0.15) is 35.6 Å². The van der Waals surface area contributed by atoms with E-state index in [1.807, 2.05) is 36.4 Å². The number of thioether (sulfide) groups is 1. The van der Waals surface area contributed by atoms with Crippen molar-refractivity contribution in [3.63, 3.8) is 0 Å². The smallest absolute Gasteiger partial charge is 0.323 e. The molecule has 0 radical (unpaired) electrons. The molecule has 1 heterocycles. The van der Waals surface area contributed by atoms with Gasteiger partial charge in [-0.15, -0.1) is 0 Å². The van der Waals surface area contributed by atoms with Crippen LogP contribution in [0.2, 0.25) is 10.0 Å². The highest BCUT2D eigenvalue weighted by Gasteiger charge is 2.33. The lowest BCUT2D eigenvalue weighted by Gasteiger charge is -2.14. The minimum absolute atomic E-state index is 0.187. The summed E-state index contributed by atoms with van der Waals surface area (Å²) in [6.07, 6.45) is 1.63. The Morgan fingerprint density at radius 1 is 0.972 bits per heavy atom. The molecule has 1 amide bonds. The Hall–Kier alpha value is -3.04. The van der Waals surface area contributed by atoms with Crippen LogP contribution in [0, 0.1) is 0 Å². The number of amides is 1. The van der Waals surface area contributed by atoms with E-state index in [9.17, 15) is 9.59 Å². The topological polar surface area (TPSA) is 76.1 Å². The van der Waals surface area contributed by atoms with Crippen molar-refractivity contribution in [2.24, 2.45) is 0 Å². The predicted molar refractivity (Wildman–Crippen MR) is 146 cm³/mol. The Labute approximate surface area is 227 Å². The quantitative estimate of drug-likeness (QED) is 0.239. The number of carbonyl (C=O) groups excluding carboxylic acids is 1. The molecule has 0 aromatic heterocycles. The van der Waals surface area contributed by atoms with Crippen molar-refractivity contribution in [2.45, 2.75) is 13.2 Å². The molecule has 1 saturated heterocycles. The zero-order chi connectivity index (χ0) is 25.7. The summed E-state index contributed by atoms with van der Waals surface area (Å²) >= 11 is 18.7. The lowest BCUT2D eigenvalue weighted by molar-refractivity contribution is -0.140. The van der Waals surface area contributed by atoms with Crippen LogP contribution < -0.4 is 9.47 Å². The van der Waals surface area contributed by atoms with Gasteiger partial charge in [-0.25, -0.2) is 0 Å². The van der Waals surface area contributed by atoms with Gasteiger partial charge in [-0.05, 0) is 30.3 Å². The third-order valence-electron chi connectivity index (χ3n) is 5.13. The SMILES string of the molecule is O=C(O)CN1C(=O)C(=Cc2ccc(OCc3ccccc3Cl)cc2OCc2ccccc2Cl)SC1=S. The first kappa shape index (κ1) is 26.0. The van der Waals surface area contributed by atoms with E-state index in [4.69, 9.17) is 50.0 Å². The van der Waals surface area contributed by atoms with Crippen LogP contribution in [0.3, 0.4) is 0 Å². The summed E-state index contributed by atoms with van der Waals surface area (Å²) in [4.78, 5) is 25.2. The van der Waals surface area contributed by atoms with Crippen molar-refractivity contribution in [3.05, 3.63) is 98.4 Å². The largest absolute Gasteiger partial charge is 0.489 e. The monoisotopic (exact) mass is 559 g/mol. The Kier molecular flexibility index (Phi) is 8.53. The number of carbonyl (C=O) groups is 2. The van der Waals surface area contributed by atoms with E-state index >= 15 is 0 Å². The van der Waals surface area contributed by atoms with Crippen LogP contribution in [0.5, 0.6) is 11.5 Å². The maximum atomic E-state index is 12.7. The number of benzene rings is 3. The maximum absolute atomic E-state index is 12.7. The summed E-state index contributed by atoms with van der Waals surface area (Å²) in [7, 11) is 0. The highest BCUT2D eigenvalue weighted by Crippen LogP contribution is 2.36. The number of rotatable bonds is 9. The second-order valence-electron chi connectivity index (χ2n) is 7.62. The molecule has 1 aliphatic heterocycles. The molecule has 6 nitrogen and oxygen atoms in total. The van der Waals surface area contributed by atoms with Crippen molar-refractivity contribution >= 4 is 69.5 Å². The lowest BCUT2D eigenvalue weighted by Crippen LogP contribution is -2.33. The minimum Gasteiger partial charge on any atom is -0.489 e. The molecule has 0 atom stereocenters. The van der Waals surface area contributed by atoms with Gasteiger partial charge in [0.2, 0.25) is 0 Å². The van der Waals surface area contributed by atoms with Gasteiger partial charge in [0.25, 0.3) is 5.91 Å². The summed E-state index contributed by atoms with van der Waals surface area (Å²) in [5.74, 6) is -0.616. The molecule has 1 fully saturated rings. The second kappa shape index (κ2) is 11.8. The maximum Gasteiger partial charge on any atom is 0.323 e. The minimum atomic E-state index is -1.14. The average molecular weight is 560 g/mol. The summed E-state index contributed by atoms with van der Waals surface area (Å²) < 4.78 is 12.2. The van der Waals surface area contributed by atoms with E-state index in [0.29, 0.717) is 32.0 Å². The molecule has 0 spiro atoms. The number of hydrogen-bond acceptors (Lipinski definition) is 6. The fourth-order valence-corrected chi connectivity index (χ4v) is 4.94. The fraction of sp³-hybridized carbons (Fsp3) is 0.115. The molecule has 4 rings (SSSR count). The van der Waals surface area contributed by atoms with Crippen LogP contribution in [-0.2, 0) is 22.8 Å². The zero-order valence-electron chi connectivity index (χ0n) is 18.6. The lowest BCUT2D eigenvalue weighted by atomic mass is 10.1. The van der Waals surface area contributed by atoms with Crippen LogP contribution in [0.15, 0.2) is 71.6 Å². The highest BCUT2D eigenvalue weighted by atomic mass is 35.5. The molecule has 1 N–H and O–H groups in total. The third-order valence-corrected chi connectivity index (χ3v) is 7.25. The summed E-state index contributed by atoms with van der Waals surface area (Å²) in [5.41, 5.74) is 2.23. The first-order chi connectivity index (χ1) is 17.3. The third kappa shape index (κ3) is 6.39. The normalized spacial score (nSPS) is 14.4. The van der Waals surface area contributed by atoms with Crippen LogP contribution in [-0.4, -0.2) is 32.7 Å². The van der Waals surface area contributed by atoms with E-state index in [0.717, 1.165) is 27.8 Å². The Morgan fingerprint density at radius 3 is 2.19 bits per heavy atom. The number of halogens is 2. The molecule has 10 heteroatoms. The molecule has 0 bridgehead atoms. The van der Waals surface area contributed by atoms with Crippen LogP contribution in [0.4, 0.5) is 0 Å². The molecule has 184 valence electrons. The molecular formula is C26H19Cl2NO5S2. The molecule has 36 heavy (non-hydrogen) atoms. The van der Waals surface area contributed by atoms with E-state index in [-0.39, 0.29) is 17.5 Å². The van der Waals surface area contributed by atoms with E-state index < -0.39 is 18.4 Å². The van der Waals surface area contributed by atoms with Gasteiger partial charge in [-0.3, -0.25) is 14.5 Å². The summed E-state index contributed by atoms with van der Waals surface area (Å²) in [6.45, 7) is -0.0437. The summed E-state index contributed by atoms with van der Waals surface area (Å²) in [5, 5.41) is 10.2. The van der Waals surface area contributed by atoms with Crippen molar-refractivity contribution in [3.8, 4) is 11.5 Å². The van der Waals surface area contributed by atoms with Crippen molar-refractivity contribution in [2.75, 3.05) is 6.54 Å². The van der Waals surface area contributed by atoms with Crippen molar-refractivity contribution in [1.29, 1.82) is 0 Å². The molecule has 1 aliphatic rings. The molecule has 0 unspecified atom stereocenters. The number of carboxylic acid groups (broad SMARTS) is 1. The molecule has 3 aromatic carbocycles. The Morgan fingerprint density at radius 2 is 1.58 bits per heavy atom. The summed E-state index contributed by atoms with van der Waals surface area (Å²) in [6, 6.07) is 20.0. The number of hydrogen-bond donors (Lipinski definition) is 1. The van der Waals surface area contributed by atoms with Gasteiger partial charge in [0.15, 0.2) is 0 Å². The predicted octanol–water partition coefficient (Wildman–Crippen LogP) is 6.44. The van der Waals surface area contributed by atoms with Gasteiger partial charge in [0, 0.05) is 32.8 Å². The Balaban J connectivity index is 1.61. The number of nitrogens with zero attached hydrogens (tertiary/aromatic N) is 1. The van der Waals surface area contributed by atoms with Gasteiger partial charge in [-0.1, -0.05) is 83.6 Å². The van der Waals surface area contributed by atoms with Gasteiger partial charge >= 0.3 is 5.97 Å². The van der Waals surface area contributed by atoms with Gasteiger partial charge in [-0.2, -0.15) is 0 Å². The van der Waals surface area contributed by atoms with Gasteiger partial charge in [0.05, 0.1) is 4.91 Å². The number of carboxylic acids is 1. The number of ether oxygens (including phenoxy) is 2. The van der Waals surface area contributed by atoms with E-state index in [1.165, 1.54) is 0 Å². The van der Waals surface area contributed by atoms with Crippen LogP contribution in [0.1, 0.15) is 16.7 Å². The van der Waals surface area contributed by atoms with Crippen LogP contribution in [0.25, 0.3) is 6.08 Å². The molecule has 0 saturated carbocycles. The van der Waals surface area contributed by atoms with Crippen molar-refractivity contribution < 1.29 is 24.2 Å².